The van der Waals surface area contributed by atoms with Crippen LogP contribution in [-0.2, 0) is 11.0 Å². The number of carbonyl (C=O) groups is 1. The molecule has 0 aliphatic rings. The zero-order valence-corrected chi connectivity index (χ0v) is 14.8. The molecule has 0 aliphatic carbocycles. The van der Waals surface area contributed by atoms with Gasteiger partial charge in [0.25, 0.3) is 0 Å². The van der Waals surface area contributed by atoms with Crippen LogP contribution in [0, 0.1) is 0 Å². The highest BCUT2D eigenvalue weighted by atomic mass is 19.4. The maximum Gasteiger partial charge on any atom is 0.416 e. The van der Waals surface area contributed by atoms with Gasteiger partial charge in [0.2, 0.25) is 5.91 Å². The van der Waals surface area contributed by atoms with Crippen molar-refractivity contribution in [3.63, 3.8) is 0 Å². The molecule has 0 saturated heterocycles. The number of rotatable bonds is 7. The molecule has 0 bridgehead atoms. The molecule has 2 aromatic carbocycles. The number of anilines is 2. The SMILES string of the molecule is COc1ccc(NC(C)C(=O)Nc2ccc(C(F)(F)F)cc2)cc1OC(F)F. The summed E-state index contributed by atoms with van der Waals surface area (Å²) in [5, 5.41) is 5.26. The van der Waals surface area contributed by atoms with E-state index in [1.807, 2.05) is 0 Å². The molecular formula is C18H17F5N2O3. The summed E-state index contributed by atoms with van der Waals surface area (Å²) in [5.74, 6) is -0.655. The number of hydrogen-bond acceptors (Lipinski definition) is 4. The van der Waals surface area contributed by atoms with E-state index >= 15 is 0 Å². The van der Waals surface area contributed by atoms with Gasteiger partial charge < -0.3 is 20.1 Å². The van der Waals surface area contributed by atoms with Gasteiger partial charge in [0.05, 0.1) is 12.7 Å². The summed E-state index contributed by atoms with van der Waals surface area (Å²) in [5.41, 5.74) is -0.337. The number of ether oxygens (including phenoxy) is 2. The number of nitrogens with one attached hydrogen (secondary N) is 2. The summed E-state index contributed by atoms with van der Waals surface area (Å²) in [4.78, 5) is 12.2. The molecule has 152 valence electrons. The van der Waals surface area contributed by atoms with Gasteiger partial charge in [-0.15, -0.1) is 0 Å². The summed E-state index contributed by atoms with van der Waals surface area (Å²) in [6.07, 6.45) is -4.47. The van der Waals surface area contributed by atoms with Crippen molar-refractivity contribution in [1.29, 1.82) is 0 Å². The van der Waals surface area contributed by atoms with E-state index < -0.39 is 30.3 Å². The predicted octanol–water partition coefficient (Wildman–Crippen LogP) is 4.75. The second-order valence-corrected chi connectivity index (χ2v) is 5.67. The van der Waals surface area contributed by atoms with E-state index in [0.29, 0.717) is 5.69 Å². The minimum atomic E-state index is -4.47. The fourth-order valence-electron chi connectivity index (χ4n) is 2.26. The average Bonchev–Trinajstić information content (AvgIpc) is 2.61. The molecule has 0 fully saturated rings. The second-order valence-electron chi connectivity index (χ2n) is 5.67. The minimum Gasteiger partial charge on any atom is -0.493 e. The zero-order chi connectivity index (χ0) is 20.9. The Labute approximate surface area is 157 Å². The van der Waals surface area contributed by atoms with E-state index in [9.17, 15) is 26.7 Å². The molecule has 0 saturated carbocycles. The fourth-order valence-corrected chi connectivity index (χ4v) is 2.26. The number of carbonyl (C=O) groups excluding carboxylic acids is 1. The molecule has 1 atom stereocenters. The average molecular weight is 404 g/mol. The molecular weight excluding hydrogens is 387 g/mol. The molecule has 0 heterocycles. The highest BCUT2D eigenvalue weighted by molar-refractivity contribution is 5.96. The normalized spacial score (nSPS) is 12.4. The Kier molecular flexibility index (Phi) is 6.66. The van der Waals surface area contributed by atoms with Crippen LogP contribution in [0.1, 0.15) is 12.5 Å². The first-order chi connectivity index (χ1) is 13.1. The van der Waals surface area contributed by atoms with Gasteiger partial charge >= 0.3 is 12.8 Å². The fraction of sp³-hybridized carbons (Fsp3) is 0.278. The van der Waals surface area contributed by atoms with Crippen LogP contribution >= 0.6 is 0 Å². The molecule has 2 aromatic rings. The van der Waals surface area contributed by atoms with E-state index in [2.05, 4.69) is 15.4 Å². The van der Waals surface area contributed by atoms with Gasteiger partial charge in [-0.1, -0.05) is 0 Å². The summed E-state index contributed by atoms with van der Waals surface area (Å²) in [6, 6.07) is 7.28. The van der Waals surface area contributed by atoms with Crippen molar-refractivity contribution in [1.82, 2.24) is 0 Å². The first-order valence-electron chi connectivity index (χ1n) is 7.97. The summed E-state index contributed by atoms with van der Waals surface area (Å²) in [7, 11) is 1.29. The van der Waals surface area contributed by atoms with Crippen LogP contribution in [0.3, 0.4) is 0 Å². The van der Waals surface area contributed by atoms with E-state index in [1.54, 1.807) is 0 Å². The van der Waals surface area contributed by atoms with Gasteiger partial charge in [-0.25, -0.2) is 0 Å². The van der Waals surface area contributed by atoms with Crippen molar-refractivity contribution in [3.8, 4) is 11.5 Å². The number of hydrogen-bond donors (Lipinski definition) is 2. The van der Waals surface area contributed by atoms with Crippen molar-refractivity contribution in [2.24, 2.45) is 0 Å². The topological polar surface area (TPSA) is 59.6 Å². The Hall–Kier alpha value is -3.04. The van der Waals surface area contributed by atoms with Crippen molar-refractivity contribution < 1.29 is 36.2 Å². The molecule has 0 aliphatic heterocycles. The number of benzene rings is 2. The van der Waals surface area contributed by atoms with Crippen LogP contribution in [-0.4, -0.2) is 25.7 Å². The summed E-state index contributed by atoms with van der Waals surface area (Å²) >= 11 is 0. The van der Waals surface area contributed by atoms with Crippen molar-refractivity contribution in [3.05, 3.63) is 48.0 Å². The molecule has 1 unspecified atom stereocenters. The minimum absolute atomic E-state index is 0.0905. The van der Waals surface area contributed by atoms with E-state index in [1.165, 1.54) is 32.2 Å². The third kappa shape index (κ3) is 5.73. The number of methoxy groups -OCH3 is 1. The molecule has 0 spiro atoms. The van der Waals surface area contributed by atoms with E-state index in [-0.39, 0.29) is 17.2 Å². The van der Waals surface area contributed by atoms with Crippen molar-refractivity contribution in [2.45, 2.75) is 25.8 Å². The Balaban J connectivity index is 2.04. The Morgan fingerprint density at radius 3 is 2.14 bits per heavy atom. The lowest BCUT2D eigenvalue weighted by molar-refractivity contribution is -0.137. The van der Waals surface area contributed by atoms with Crippen molar-refractivity contribution in [2.75, 3.05) is 17.7 Å². The van der Waals surface area contributed by atoms with Crippen LogP contribution in [0.25, 0.3) is 0 Å². The Morgan fingerprint density at radius 1 is 1.00 bits per heavy atom. The highest BCUT2D eigenvalue weighted by Gasteiger charge is 2.30. The largest absolute Gasteiger partial charge is 0.493 e. The van der Waals surface area contributed by atoms with Gasteiger partial charge in [0, 0.05) is 17.4 Å². The maximum atomic E-state index is 12.6. The molecule has 0 radical (unpaired) electrons. The van der Waals surface area contributed by atoms with Gasteiger partial charge in [0.15, 0.2) is 11.5 Å². The smallest absolute Gasteiger partial charge is 0.416 e. The van der Waals surface area contributed by atoms with Gasteiger partial charge in [-0.3, -0.25) is 4.79 Å². The van der Waals surface area contributed by atoms with Gasteiger partial charge in [-0.2, -0.15) is 22.0 Å². The molecule has 2 N–H and O–H groups in total. The van der Waals surface area contributed by atoms with Crippen LogP contribution < -0.4 is 20.1 Å². The number of alkyl halides is 5. The first-order valence-corrected chi connectivity index (χ1v) is 7.97. The summed E-state index contributed by atoms with van der Waals surface area (Å²) < 4.78 is 71.9. The van der Waals surface area contributed by atoms with Gasteiger partial charge in [0.1, 0.15) is 6.04 Å². The highest BCUT2D eigenvalue weighted by Crippen LogP contribution is 2.32. The summed E-state index contributed by atoms with van der Waals surface area (Å²) in [6.45, 7) is -1.55. The number of halogens is 5. The monoisotopic (exact) mass is 404 g/mol. The van der Waals surface area contributed by atoms with E-state index in [0.717, 1.165) is 24.3 Å². The lowest BCUT2D eigenvalue weighted by Crippen LogP contribution is -2.31. The lowest BCUT2D eigenvalue weighted by Gasteiger charge is -2.17. The molecule has 10 heteroatoms. The first kappa shape index (κ1) is 21.3. The zero-order valence-electron chi connectivity index (χ0n) is 14.8. The Morgan fingerprint density at radius 2 is 1.61 bits per heavy atom. The third-order valence-electron chi connectivity index (χ3n) is 3.64. The van der Waals surface area contributed by atoms with Crippen LogP contribution in [0.2, 0.25) is 0 Å². The molecule has 0 aromatic heterocycles. The van der Waals surface area contributed by atoms with Crippen LogP contribution in [0.4, 0.5) is 33.3 Å². The second kappa shape index (κ2) is 8.77. The molecule has 1 amide bonds. The quantitative estimate of drug-likeness (QED) is 0.654. The number of amides is 1. The third-order valence-corrected chi connectivity index (χ3v) is 3.64. The molecule has 2 rings (SSSR count). The van der Waals surface area contributed by atoms with Gasteiger partial charge in [-0.05, 0) is 43.3 Å². The molecule has 5 nitrogen and oxygen atoms in total. The van der Waals surface area contributed by atoms with E-state index in [4.69, 9.17) is 4.74 Å². The lowest BCUT2D eigenvalue weighted by atomic mass is 10.2. The molecule has 28 heavy (non-hydrogen) atoms. The predicted molar refractivity (Wildman–Crippen MR) is 92.8 cm³/mol. The standard InChI is InChI=1S/C18H17F5N2O3/c1-10(16(26)25-12-5-3-11(4-6-12)18(21,22)23)24-13-7-8-14(27-2)15(9-13)28-17(19)20/h3-10,17,24H,1-2H3,(H,25,26). The maximum absolute atomic E-state index is 12.6. The van der Waals surface area contributed by atoms with Crippen LogP contribution in [0.15, 0.2) is 42.5 Å². The van der Waals surface area contributed by atoms with Crippen LogP contribution in [0.5, 0.6) is 11.5 Å². The Bertz CT molecular complexity index is 810. The van der Waals surface area contributed by atoms with Crippen molar-refractivity contribution >= 4 is 17.3 Å².